The molecule has 0 fully saturated rings. The fourth-order valence-corrected chi connectivity index (χ4v) is 5.11. The summed E-state index contributed by atoms with van der Waals surface area (Å²) in [7, 11) is 0. The van der Waals surface area contributed by atoms with E-state index in [-0.39, 0.29) is 0 Å². The van der Waals surface area contributed by atoms with E-state index in [2.05, 4.69) is 92.9 Å². The molecule has 5 aromatic rings. The highest BCUT2D eigenvalue weighted by Gasteiger charge is 2.14. The zero-order valence-corrected chi connectivity index (χ0v) is 21.4. The van der Waals surface area contributed by atoms with E-state index >= 15 is 0 Å². The monoisotopic (exact) mass is 464 g/mol. The molecule has 0 saturated carbocycles. The van der Waals surface area contributed by atoms with Crippen molar-refractivity contribution in [3.05, 3.63) is 77.7 Å². The predicted molar refractivity (Wildman–Crippen MR) is 150 cm³/mol. The van der Waals surface area contributed by atoms with E-state index < -0.39 is 0 Å². The van der Waals surface area contributed by atoms with Crippen LogP contribution in [-0.4, -0.2) is 9.55 Å². The molecule has 0 aliphatic rings. The summed E-state index contributed by atoms with van der Waals surface area (Å²) in [6.45, 7) is 10.1. The van der Waals surface area contributed by atoms with E-state index in [0.29, 0.717) is 17.7 Å². The number of unbranched alkanes of at least 4 members (excludes halogenated alkanes) is 1. The van der Waals surface area contributed by atoms with Gasteiger partial charge in [0, 0.05) is 34.4 Å². The molecule has 0 amide bonds. The number of rotatable bonds is 9. The number of benzene rings is 3. The summed E-state index contributed by atoms with van der Waals surface area (Å²) in [5.41, 5.74) is 6.84. The third-order valence-electron chi connectivity index (χ3n) is 7.29. The summed E-state index contributed by atoms with van der Waals surface area (Å²) in [6, 6.07) is 21.9. The van der Waals surface area contributed by atoms with E-state index in [1.807, 2.05) is 12.1 Å². The minimum atomic E-state index is 0.475. The topological polar surface area (TPSA) is 31.0 Å². The second-order valence-corrected chi connectivity index (χ2v) is 10.1. The number of nitrogens with zero attached hydrogens (tertiary/aromatic N) is 2. The Bertz CT molecular complexity index is 1480. The Labute approximate surface area is 208 Å². The molecule has 3 nitrogen and oxygen atoms in total. The van der Waals surface area contributed by atoms with Crippen LogP contribution < -0.4 is 0 Å². The third kappa shape index (κ3) is 4.77. The van der Waals surface area contributed by atoms with Gasteiger partial charge in [-0.05, 0) is 65.8 Å². The zero-order valence-electron chi connectivity index (χ0n) is 21.4. The highest BCUT2D eigenvalue weighted by Crippen LogP contribution is 2.32. The Morgan fingerprint density at radius 2 is 1.74 bits per heavy atom. The van der Waals surface area contributed by atoms with Gasteiger partial charge in [-0.2, -0.15) is 0 Å². The third-order valence-corrected chi connectivity index (χ3v) is 7.29. The van der Waals surface area contributed by atoms with Gasteiger partial charge in [-0.25, -0.2) is 4.98 Å². The normalized spacial score (nSPS) is 13.2. The molecule has 3 aromatic carbocycles. The molecule has 1 unspecified atom stereocenters. The lowest BCUT2D eigenvalue weighted by Crippen LogP contribution is -2.10. The Morgan fingerprint density at radius 1 is 0.914 bits per heavy atom. The van der Waals surface area contributed by atoms with Crippen molar-refractivity contribution in [1.29, 1.82) is 0 Å². The molecule has 0 spiro atoms. The largest absolute Gasteiger partial charge is 0.437 e. The van der Waals surface area contributed by atoms with Crippen LogP contribution in [0.15, 0.2) is 65.1 Å². The van der Waals surface area contributed by atoms with Crippen LogP contribution in [0.1, 0.15) is 76.3 Å². The van der Waals surface area contributed by atoms with Gasteiger partial charge < -0.3 is 8.98 Å². The zero-order chi connectivity index (χ0) is 24.4. The molecule has 0 N–H and O–H groups in total. The first-order chi connectivity index (χ1) is 17.1. The maximum absolute atomic E-state index is 5.97. The Hall–Kier alpha value is -3.33. The summed E-state index contributed by atoms with van der Waals surface area (Å²) >= 11 is 0. The van der Waals surface area contributed by atoms with Crippen LogP contribution in [0.2, 0.25) is 0 Å². The minimum absolute atomic E-state index is 0.475. The lowest BCUT2D eigenvalue weighted by atomic mass is 9.99. The fourth-order valence-electron chi connectivity index (χ4n) is 5.11. The van der Waals surface area contributed by atoms with Crippen molar-refractivity contribution in [2.45, 2.75) is 65.8 Å². The molecule has 2 aromatic heterocycles. The standard InChI is InChI=1S/C32H36N2O/c1-5-7-10-23(6-2)21-34-29-12-9-8-11-26(29)27-19-24(13-16-30(27)34)14-18-32-33-28-20-25(22(3)4)15-17-31(28)35-32/h8-9,11-20,22-23H,5-7,10,21H2,1-4H3/b18-14+. The molecular weight excluding hydrogens is 428 g/mol. The van der Waals surface area contributed by atoms with Crippen molar-refractivity contribution in [2.24, 2.45) is 5.92 Å². The molecule has 0 radical (unpaired) electrons. The number of hydrogen-bond donors (Lipinski definition) is 0. The average molecular weight is 465 g/mol. The molecule has 180 valence electrons. The van der Waals surface area contributed by atoms with Crippen LogP contribution in [0, 0.1) is 5.92 Å². The first kappa shape index (κ1) is 23.4. The highest BCUT2D eigenvalue weighted by atomic mass is 16.3. The molecule has 0 aliphatic heterocycles. The number of para-hydroxylation sites is 1. The molecular formula is C32H36N2O. The second-order valence-electron chi connectivity index (χ2n) is 10.1. The van der Waals surface area contributed by atoms with Gasteiger partial charge in [-0.15, -0.1) is 0 Å². The average Bonchev–Trinajstić information content (AvgIpc) is 3.43. The smallest absolute Gasteiger partial charge is 0.220 e. The van der Waals surface area contributed by atoms with Crippen LogP contribution in [0.5, 0.6) is 0 Å². The van der Waals surface area contributed by atoms with Gasteiger partial charge in [0.15, 0.2) is 5.58 Å². The minimum Gasteiger partial charge on any atom is -0.437 e. The van der Waals surface area contributed by atoms with Crippen molar-refractivity contribution < 1.29 is 4.42 Å². The summed E-state index contributed by atoms with van der Waals surface area (Å²) < 4.78 is 8.51. The van der Waals surface area contributed by atoms with Crippen LogP contribution in [0.3, 0.4) is 0 Å². The summed E-state index contributed by atoms with van der Waals surface area (Å²) in [5, 5.41) is 2.64. The van der Waals surface area contributed by atoms with E-state index in [9.17, 15) is 0 Å². The molecule has 2 heterocycles. The van der Waals surface area contributed by atoms with Crippen LogP contribution in [0.4, 0.5) is 0 Å². The molecule has 3 heteroatoms. The predicted octanol–water partition coefficient (Wildman–Crippen LogP) is 9.45. The Balaban J connectivity index is 1.48. The lowest BCUT2D eigenvalue weighted by molar-refractivity contribution is 0.401. The van der Waals surface area contributed by atoms with E-state index in [1.54, 1.807) is 0 Å². The summed E-state index contributed by atoms with van der Waals surface area (Å²) in [4.78, 5) is 4.70. The molecule has 35 heavy (non-hydrogen) atoms. The molecule has 0 bridgehead atoms. The quantitative estimate of drug-likeness (QED) is 0.217. The molecule has 0 saturated heterocycles. The van der Waals surface area contributed by atoms with E-state index in [1.165, 1.54) is 53.1 Å². The maximum atomic E-state index is 5.97. The summed E-state index contributed by atoms with van der Waals surface area (Å²) in [6.07, 6.45) is 9.17. The van der Waals surface area contributed by atoms with Crippen molar-refractivity contribution in [1.82, 2.24) is 9.55 Å². The van der Waals surface area contributed by atoms with Crippen LogP contribution in [-0.2, 0) is 6.54 Å². The summed E-state index contributed by atoms with van der Waals surface area (Å²) in [5.74, 6) is 1.83. The molecule has 0 aliphatic carbocycles. The first-order valence-electron chi connectivity index (χ1n) is 13.2. The van der Waals surface area contributed by atoms with Crippen LogP contribution in [0.25, 0.3) is 45.1 Å². The van der Waals surface area contributed by atoms with Gasteiger partial charge >= 0.3 is 0 Å². The number of fused-ring (bicyclic) bond motifs is 4. The lowest BCUT2D eigenvalue weighted by Gasteiger charge is -2.17. The Morgan fingerprint density at radius 3 is 2.54 bits per heavy atom. The number of hydrogen-bond acceptors (Lipinski definition) is 2. The van der Waals surface area contributed by atoms with Gasteiger partial charge in [-0.3, -0.25) is 0 Å². The fraction of sp³-hybridized carbons (Fsp3) is 0.344. The van der Waals surface area contributed by atoms with Gasteiger partial charge in [-0.1, -0.05) is 77.3 Å². The van der Waals surface area contributed by atoms with Crippen molar-refractivity contribution in [3.63, 3.8) is 0 Å². The molecule has 5 rings (SSSR count). The van der Waals surface area contributed by atoms with Gasteiger partial charge in [0.05, 0.1) is 0 Å². The van der Waals surface area contributed by atoms with Crippen molar-refractivity contribution >= 4 is 45.1 Å². The van der Waals surface area contributed by atoms with Gasteiger partial charge in [0.1, 0.15) is 5.52 Å². The number of oxazole rings is 1. The van der Waals surface area contributed by atoms with Crippen molar-refractivity contribution in [3.8, 4) is 0 Å². The molecule has 1 atom stereocenters. The SMILES string of the molecule is CCCCC(CC)Cn1c2ccccc2c2cc(/C=C/c3nc4cc(C(C)C)ccc4o3)ccc21. The number of aromatic nitrogens is 2. The van der Waals surface area contributed by atoms with Gasteiger partial charge in [0.2, 0.25) is 5.89 Å². The van der Waals surface area contributed by atoms with Crippen molar-refractivity contribution in [2.75, 3.05) is 0 Å². The van der Waals surface area contributed by atoms with Gasteiger partial charge in [0.25, 0.3) is 0 Å². The Kier molecular flexibility index (Phi) is 6.77. The second kappa shape index (κ2) is 10.1. The first-order valence-corrected chi connectivity index (χ1v) is 13.2. The highest BCUT2D eigenvalue weighted by molar-refractivity contribution is 6.08. The maximum Gasteiger partial charge on any atom is 0.220 e. The van der Waals surface area contributed by atoms with E-state index in [4.69, 9.17) is 9.40 Å². The van der Waals surface area contributed by atoms with Crippen LogP contribution >= 0.6 is 0 Å². The van der Waals surface area contributed by atoms with E-state index in [0.717, 1.165) is 23.2 Å².